The van der Waals surface area contributed by atoms with Crippen LogP contribution in [0.1, 0.15) is 11.1 Å². The molecule has 4 heterocycles. The van der Waals surface area contributed by atoms with Gasteiger partial charge in [-0.25, -0.2) is 24.9 Å². The Morgan fingerprint density at radius 1 is 0.933 bits per heavy atom. The third kappa shape index (κ3) is 3.84. The Kier molecular flexibility index (Phi) is 4.90. The molecule has 0 aliphatic rings. The number of alkyl halides is 3. The molecular formula is C20H15F3N6O. The highest BCUT2D eigenvalue weighted by Gasteiger charge is 2.31. The number of hydrogen-bond donors (Lipinski definition) is 1. The van der Waals surface area contributed by atoms with Crippen molar-refractivity contribution in [2.75, 3.05) is 12.4 Å². The quantitative estimate of drug-likeness (QED) is 0.526. The number of fused-ring (bicyclic) bond motifs is 1. The lowest BCUT2D eigenvalue weighted by atomic mass is 10.1. The molecule has 0 spiro atoms. The highest BCUT2D eigenvalue weighted by atomic mass is 19.4. The molecule has 0 aliphatic carbocycles. The molecule has 7 nitrogen and oxygen atoms in total. The maximum atomic E-state index is 12.7. The van der Waals surface area contributed by atoms with E-state index in [0.29, 0.717) is 34.0 Å². The minimum atomic E-state index is -4.49. The van der Waals surface area contributed by atoms with E-state index in [1.165, 1.54) is 13.3 Å². The fraction of sp³-hybridized carbons (Fsp3) is 0.150. The van der Waals surface area contributed by atoms with Crippen LogP contribution in [0.25, 0.3) is 22.4 Å². The molecule has 1 N–H and O–H groups in total. The topological polar surface area (TPSA) is 85.7 Å². The maximum Gasteiger partial charge on any atom is 0.419 e. The van der Waals surface area contributed by atoms with Crippen molar-refractivity contribution in [1.29, 1.82) is 0 Å². The molecule has 4 aromatic heterocycles. The molecule has 4 rings (SSSR count). The van der Waals surface area contributed by atoms with Gasteiger partial charge in [-0.05, 0) is 30.7 Å². The second-order valence-electron chi connectivity index (χ2n) is 6.36. The lowest BCUT2D eigenvalue weighted by Gasteiger charge is -2.11. The fourth-order valence-electron chi connectivity index (χ4n) is 2.81. The number of methoxy groups -OCH3 is 1. The molecule has 0 radical (unpaired) electrons. The standard InChI is InChI=1S/C20H15F3N6O/c1-11-3-6-16(30-2)29-17(11)15-5-4-13-14(7-8-24-18(13)27-15)28-19-25-9-12(10-26-19)20(21,22)23/h3-10H,1-2H3,(H,24,25,26,27,28). The summed E-state index contributed by atoms with van der Waals surface area (Å²) in [6.45, 7) is 1.92. The Morgan fingerprint density at radius 3 is 2.40 bits per heavy atom. The van der Waals surface area contributed by atoms with Gasteiger partial charge in [-0.2, -0.15) is 13.2 Å². The second kappa shape index (κ2) is 7.54. The molecule has 0 saturated carbocycles. The van der Waals surface area contributed by atoms with Gasteiger partial charge in [0, 0.05) is 30.0 Å². The molecule has 0 amide bonds. The van der Waals surface area contributed by atoms with Gasteiger partial charge in [-0.3, -0.25) is 0 Å². The minimum absolute atomic E-state index is 0.0323. The normalized spacial score (nSPS) is 11.5. The first-order valence-corrected chi connectivity index (χ1v) is 8.79. The van der Waals surface area contributed by atoms with Gasteiger partial charge in [0.1, 0.15) is 0 Å². The van der Waals surface area contributed by atoms with Gasteiger partial charge in [0.2, 0.25) is 11.8 Å². The van der Waals surface area contributed by atoms with Crippen molar-refractivity contribution in [3.8, 4) is 17.3 Å². The van der Waals surface area contributed by atoms with Crippen LogP contribution >= 0.6 is 0 Å². The van der Waals surface area contributed by atoms with Gasteiger partial charge in [0.25, 0.3) is 0 Å². The summed E-state index contributed by atoms with van der Waals surface area (Å²) in [5, 5.41) is 3.57. The zero-order chi connectivity index (χ0) is 21.3. The molecule has 0 bridgehead atoms. The molecule has 4 aromatic rings. The number of aromatic nitrogens is 5. The summed E-state index contributed by atoms with van der Waals surface area (Å²) in [6.07, 6.45) is -1.50. The third-order valence-corrected chi connectivity index (χ3v) is 4.35. The highest BCUT2D eigenvalue weighted by molar-refractivity contribution is 5.91. The molecule has 0 aromatic carbocycles. The number of nitrogens with one attached hydrogen (secondary N) is 1. The molecular weight excluding hydrogens is 397 g/mol. The van der Waals surface area contributed by atoms with Gasteiger partial charge in [-0.1, -0.05) is 6.07 Å². The minimum Gasteiger partial charge on any atom is -0.481 e. The van der Waals surface area contributed by atoms with Gasteiger partial charge >= 0.3 is 6.18 Å². The van der Waals surface area contributed by atoms with E-state index >= 15 is 0 Å². The van der Waals surface area contributed by atoms with Crippen LogP contribution in [0.5, 0.6) is 5.88 Å². The predicted molar refractivity (Wildman–Crippen MR) is 104 cm³/mol. The number of halogens is 3. The van der Waals surface area contributed by atoms with Crippen LogP contribution in [-0.4, -0.2) is 32.0 Å². The number of hydrogen-bond acceptors (Lipinski definition) is 7. The molecule has 0 unspecified atom stereocenters. The Labute approximate surface area is 169 Å². The van der Waals surface area contributed by atoms with Crippen molar-refractivity contribution < 1.29 is 17.9 Å². The first kappa shape index (κ1) is 19.5. The Hall–Kier alpha value is -3.82. The monoisotopic (exact) mass is 412 g/mol. The number of anilines is 2. The van der Waals surface area contributed by atoms with Crippen molar-refractivity contribution in [3.63, 3.8) is 0 Å². The molecule has 152 valence electrons. The van der Waals surface area contributed by atoms with Crippen molar-refractivity contribution in [2.24, 2.45) is 0 Å². The number of pyridine rings is 3. The van der Waals surface area contributed by atoms with E-state index in [9.17, 15) is 13.2 Å². The molecule has 10 heteroatoms. The van der Waals surface area contributed by atoms with E-state index in [1.54, 1.807) is 24.3 Å². The zero-order valence-electron chi connectivity index (χ0n) is 15.9. The molecule has 0 saturated heterocycles. The molecule has 30 heavy (non-hydrogen) atoms. The Morgan fingerprint density at radius 2 is 1.70 bits per heavy atom. The summed E-state index contributed by atoms with van der Waals surface area (Å²) < 4.78 is 43.2. The zero-order valence-corrected chi connectivity index (χ0v) is 15.9. The lowest BCUT2D eigenvalue weighted by Crippen LogP contribution is -2.07. The van der Waals surface area contributed by atoms with Crippen LogP contribution in [0, 0.1) is 6.92 Å². The van der Waals surface area contributed by atoms with Crippen LogP contribution < -0.4 is 10.1 Å². The summed E-state index contributed by atoms with van der Waals surface area (Å²) in [4.78, 5) is 20.8. The summed E-state index contributed by atoms with van der Waals surface area (Å²) in [5.74, 6) is 0.505. The lowest BCUT2D eigenvalue weighted by molar-refractivity contribution is -0.138. The summed E-state index contributed by atoms with van der Waals surface area (Å²) in [7, 11) is 1.54. The summed E-state index contributed by atoms with van der Waals surface area (Å²) >= 11 is 0. The van der Waals surface area contributed by atoms with Gasteiger partial charge in [0.15, 0.2) is 5.65 Å². The number of ether oxygens (including phenoxy) is 1. The molecule has 0 atom stereocenters. The Bertz CT molecular complexity index is 1210. The van der Waals surface area contributed by atoms with Crippen molar-refractivity contribution in [1.82, 2.24) is 24.9 Å². The first-order valence-electron chi connectivity index (χ1n) is 8.79. The van der Waals surface area contributed by atoms with Gasteiger partial charge < -0.3 is 10.1 Å². The molecule has 0 fully saturated rings. The highest BCUT2D eigenvalue weighted by Crippen LogP contribution is 2.30. The average Bonchev–Trinajstić information content (AvgIpc) is 2.74. The van der Waals surface area contributed by atoms with Crippen LogP contribution in [0.2, 0.25) is 0 Å². The van der Waals surface area contributed by atoms with Crippen molar-refractivity contribution in [2.45, 2.75) is 13.1 Å². The fourth-order valence-corrected chi connectivity index (χ4v) is 2.81. The predicted octanol–water partition coefficient (Wildman–Crippen LogP) is 4.56. The van der Waals surface area contributed by atoms with Crippen molar-refractivity contribution in [3.05, 3.63) is 60.0 Å². The van der Waals surface area contributed by atoms with Crippen LogP contribution in [0.4, 0.5) is 24.8 Å². The largest absolute Gasteiger partial charge is 0.481 e. The SMILES string of the molecule is COc1ccc(C)c(-c2ccc3c(Nc4ncc(C(F)(F)F)cn4)ccnc3n2)n1. The van der Waals surface area contributed by atoms with E-state index in [0.717, 1.165) is 18.0 Å². The third-order valence-electron chi connectivity index (χ3n) is 4.35. The molecule has 0 aliphatic heterocycles. The van der Waals surface area contributed by atoms with E-state index in [-0.39, 0.29) is 5.95 Å². The van der Waals surface area contributed by atoms with E-state index in [1.807, 2.05) is 13.0 Å². The average molecular weight is 412 g/mol. The first-order chi connectivity index (χ1) is 14.3. The van der Waals surface area contributed by atoms with Gasteiger partial charge in [0.05, 0.1) is 29.7 Å². The van der Waals surface area contributed by atoms with Crippen LogP contribution in [0.15, 0.2) is 48.9 Å². The van der Waals surface area contributed by atoms with E-state index in [2.05, 4.69) is 30.2 Å². The number of aryl methyl sites for hydroxylation is 1. The van der Waals surface area contributed by atoms with E-state index in [4.69, 9.17) is 4.74 Å². The van der Waals surface area contributed by atoms with Crippen LogP contribution in [0.3, 0.4) is 0 Å². The number of nitrogens with zero attached hydrogens (tertiary/aromatic N) is 5. The Balaban J connectivity index is 1.68. The second-order valence-corrected chi connectivity index (χ2v) is 6.36. The summed E-state index contributed by atoms with van der Waals surface area (Å²) in [6, 6.07) is 8.92. The maximum absolute atomic E-state index is 12.7. The van der Waals surface area contributed by atoms with Crippen LogP contribution in [-0.2, 0) is 6.18 Å². The smallest absolute Gasteiger partial charge is 0.419 e. The summed E-state index contributed by atoms with van der Waals surface area (Å²) in [5.41, 5.74) is 2.30. The van der Waals surface area contributed by atoms with Crippen molar-refractivity contribution >= 4 is 22.7 Å². The van der Waals surface area contributed by atoms with Gasteiger partial charge in [-0.15, -0.1) is 0 Å². The number of rotatable bonds is 4. The van der Waals surface area contributed by atoms with E-state index < -0.39 is 11.7 Å².